The van der Waals surface area contributed by atoms with Gasteiger partial charge in [0, 0.05) is 18.2 Å². The average molecular weight is 179 g/mol. The van der Waals surface area contributed by atoms with Gasteiger partial charge in [0.1, 0.15) is 6.29 Å². The summed E-state index contributed by atoms with van der Waals surface area (Å²) in [7, 11) is 0. The zero-order valence-electron chi connectivity index (χ0n) is 7.86. The summed E-state index contributed by atoms with van der Waals surface area (Å²) in [4.78, 5) is 14.4. The van der Waals surface area contributed by atoms with E-state index in [0.29, 0.717) is 12.3 Å². The molecule has 1 rings (SSSR count). The lowest BCUT2D eigenvalue weighted by Crippen LogP contribution is -2.09. The SMILES string of the molecule is CC(C)Oc1ncccc1CC=O. The molecule has 1 aromatic heterocycles. The van der Waals surface area contributed by atoms with Gasteiger partial charge in [-0.3, -0.25) is 0 Å². The molecular formula is C10H13NO2. The molecule has 3 heteroatoms. The molecule has 0 aliphatic heterocycles. The van der Waals surface area contributed by atoms with Crippen molar-refractivity contribution in [1.29, 1.82) is 0 Å². The molecule has 0 amide bonds. The van der Waals surface area contributed by atoms with Gasteiger partial charge in [-0.2, -0.15) is 0 Å². The molecule has 3 nitrogen and oxygen atoms in total. The number of carbonyl (C=O) groups excluding carboxylic acids is 1. The van der Waals surface area contributed by atoms with Crippen molar-refractivity contribution in [2.24, 2.45) is 0 Å². The zero-order chi connectivity index (χ0) is 9.68. The molecular weight excluding hydrogens is 166 g/mol. The summed E-state index contributed by atoms with van der Waals surface area (Å²) in [5.41, 5.74) is 0.839. The van der Waals surface area contributed by atoms with Gasteiger partial charge >= 0.3 is 0 Å². The lowest BCUT2D eigenvalue weighted by molar-refractivity contribution is -0.107. The Morgan fingerprint density at radius 1 is 1.62 bits per heavy atom. The van der Waals surface area contributed by atoms with Crippen molar-refractivity contribution in [2.75, 3.05) is 0 Å². The summed E-state index contributed by atoms with van der Waals surface area (Å²) in [6.45, 7) is 3.86. The van der Waals surface area contributed by atoms with Gasteiger partial charge in [-0.05, 0) is 19.9 Å². The fraction of sp³-hybridized carbons (Fsp3) is 0.400. The first-order valence-electron chi connectivity index (χ1n) is 4.28. The highest BCUT2D eigenvalue weighted by Gasteiger charge is 2.04. The molecule has 0 atom stereocenters. The van der Waals surface area contributed by atoms with Gasteiger partial charge in [-0.25, -0.2) is 4.98 Å². The van der Waals surface area contributed by atoms with Crippen LogP contribution < -0.4 is 4.74 Å². The van der Waals surface area contributed by atoms with E-state index in [1.165, 1.54) is 0 Å². The first-order valence-corrected chi connectivity index (χ1v) is 4.28. The lowest BCUT2D eigenvalue weighted by Gasteiger charge is -2.10. The Balaban J connectivity index is 2.83. The Morgan fingerprint density at radius 2 is 2.38 bits per heavy atom. The van der Waals surface area contributed by atoms with Crippen molar-refractivity contribution < 1.29 is 9.53 Å². The molecule has 0 radical (unpaired) electrons. The molecule has 1 aromatic rings. The van der Waals surface area contributed by atoms with Crippen molar-refractivity contribution in [2.45, 2.75) is 26.4 Å². The van der Waals surface area contributed by atoms with Crippen LogP contribution in [0.5, 0.6) is 5.88 Å². The maximum absolute atomic E-state index is 10.3. The van der Waals surface area contributed by atoms with Crippen LogP contribution in [-0.2, 0) is 11.2 Å². The predicted octanol–water partition coefficient (Wildman–Crippen LogP) is 1.61. The zero-order valence-corrected chi connectivity index (χ0v) is 7.86. The quantitative estimate of drug-likeness (QED) is 0.659. The number of nitrogens with zero attached hydrogens (tertiary/aromatic N) is 1. The van der Waals surface area contributed by atoms with Crippen molar-refractivity contribution in [3.63, 3.8) is 0 Å². The van der Waals surface area contributed by atoms with Crippen molar-refractivity contribution in [1.82, 2.24) is 4.98 Å². The highest BCUT2D eigenvalue weighted by Crippen LogP contribution is 2.15. The molecule has 0 aromatic carbocycles. The molecule has 0 unspecified atom stereocenters. The molecule has 0 N–H and O–H groups in total. The van der Waals surface area contributed by atoms with E-state index >= 15 is 0 Å². The van der Waals surface area contributed by atoms with Gasteiger partial charge in [-0.1, -0.05) is 6.07 Å². The van der Waals surface area contributed by atoms with E-state index < -0.39 is 0 Å². The van der Waals surface area contributed by atoms with Gasteiger partial charge in [0.2, 0.25) is 5.88 Å². The number of aromatic nitrogens is 1. The number of hydrogen-bond donors (Lipinski definition) is 0. The summed E-state index contributed by atoms with van der Waals surface area (Å²) in [6.07, 6.45) is 2.95. The minimum absolute atomic E-state index is 0.0836. The largest absolute Gasteiger partial charge is 0.475 e. The van der Waals surface area contributed by atoms with E-state index in [2.05, 4.69) is 4.98 Å². The second-order valence-electron chi connectivity index (χ2n) is 3.01. The van der Waals surface area contributed by atoms with Crippen LogP contribution in [0.15, 0.2) is 18.3 Å². The Hall–Kier alpha value is -1.38. The smallest absolute Gasteiger partial charge is 0.217 e. The second kappa shape index (κ2) is 4.60. The number of ether oxygens (including phenoxy) is 1. The summed E-state index contributed by atoms with van der Waals surface area (Å²) < 4.78 is 5.43. The highest BCUT2D eigenvalue weighted by molar-refractivity contribution is 5.56. The molecule has 0 aliphatic rings. The van der Waals surface area contributed by atoms with Gasteiger partial charge in [0.15, 0.2) is 0 Å². The summed E-state index contributed by atoms with van der Waals surface area (Å²) in [5.74, 6) is 0.560. The molecule has 0 aliphatic carbocycles. The Morgan fingerprint density at radius 3 is 3.00 bits per heavy atom. The fourth-order valence-corrected chi connectivity index (χ4v) is 0.999. The van der Waals surface area contributed by atoms with Crippen molar-refractivity contribution >= 4 is 6.29 Å². The molecule has 70 valence electrons. The molecule has 0 saturated heterocycles. The number of carbonyl (C=O) groups is 1. The summed E-state index contributed by atoms with van der Waals surface area (Å²) in [5, 5.41) is 0. The molecule has 13 heavy (non-hydrogen) atoms. The van der Waals surface area contributed by atoms with E-state index in [0.717, 1.165) is 11.8 Å². The Kier molecular flexibility index (Phi) is 3.43. The van der Waals surface area contributed by atoms with Gasteiger partial charge in [-0.15, -0.1) is 0 Å². The third-order valence-electron chi connectivity index (χ3n) is 1.50. The molecule has 0 bridgehead atoms. The Labute approximate surface area is 77.8 Å². The lowest BCUT2D eigenvalue weighted by atomic mass is 10.2. The monoisotopic (exact) mass is 179 g/mol. The third kappa shape index (κ3) is 2.86. The minimum atomic E-state index is 0.0836. The number of rotatable bonds is 4. The van der Waals surface area contributed by atoms with Crippen molar-refractivity contribution in [3.8, 4) is 5.88 Å². The average Bonchev–Trinajstić information content (AvgIpc) is 2.08. The summed E-state index contributed by atoms with van der Waals surface area (Å²) >= 11 is 0. The summed E-state index contributed by atoms with van der Waals surface area (Å²) in [6, 6.07) is 3.64. The van der Waals surface area contributed by atoms with Crippen LogP contribution in [0.2, 0.25) is 0 Å². The second-order valence-corrected chi connectivity index (χ2v) is 3.01. The standard InChI is InChI=1S/C10H13NO2/c1-8(2)13-10-9(5-7-12)4-3-6-11-10/h3-4,6-8H,5H2,1-2H3. The first kappa shape index (κ1) is 9.71. The van der Waals surface area contributed by atoms with Crippen molar-refractivity contribution in [3.05, 3.63) is 23.9 Å². The van der Waals surface area contributed by atoms with Crippen LogP contribution >= 0.6 is 0 Å². The van der Waals surface area contributed by atoms with Crippen LogP contribution in [0.25, 0.3) is 0 Å². The third-order valence-corrected chi connectivity index (χ3v) is 1.50. The van der Waals surface area contributed by atoms with Crippen LogP contribution in [0.3, 0.4) is 0 Å². The fourth-order valence-electron chi connectivity index (χ4n) is 0.999. The molecule has 0 fully saturated rings. The van der Waals surface area contributed by atoms with E-state index in [4.69, 9.17) is 4.74 Å². The number of aldehydes is 1. The predicted molar refractivity (Wildman–Crippen MR) is 49.8 cm³/mol. The van der Waals surface area contributed by atoms with Crippen LogP contribution in [0.1, 0.15) is 19.4 Å². The number of pyridine rings is 1. The molecule has 0 spiro atoms. The van der Waals surface area contributed by atoms with Gasteiger partial charge in [0.25, 0.3) is 0 Å². The topological polar surface area (TPSA) is 39.2 Å². The maximum Gasteiger partial charge on any atom is 0.217 e. The molecule has 1 heterocycles. The number of hydrogen-bond acceptors (Lipinski definition) is 3. The first-order chi connectivity index (χ1) is 6.24. The van der Waals surface area contributed by atoms with Crippen LogP contribution in [0.4, 0.5) is 0 Å². The van der Waals surface area contributed by atoms with Gasteiger partial charge < -0.3 is 9.53 Å². The van der Waals surface area contributed by atoms with Crippen LogP contribution in [0, 0.1) is 0 Å². The molecule has 0 saturated carbocycles. The minimum Gasteiger partial charge on any atom is -0.475 e. The Bertz CT molecular complexity index is 284. The van der Waals surface area contributed by atoms with Crippen LogP contribution in [-0.4, -0.2) is 17.4 Å². The van der Waals surface area contributed by atoms with E-state index in [-0.39, 0.29) is 6.10 Å². The van der Waals surface area contributed by atoms with E-state index in [9.17, 15) is 4.79 Å². The highest BCUT2D eigenvalue weighted by atomic mass is 16.5. The normalized spacial score (nSPS) is 10.1. The van der Waals surface area contributed by atoms with E-state index in [1.807, 2.05) is 19.9 Å². The van der Waals surface area contributed by atoms with E-state index in [1.54, 1.807) is 12.3 Å². The maximum atomic E-state index is 10.3. The van der Waals surface area contributed by atoms with Gasteiger partial charge in [0.05, 0.1) is 6.10 Å².